The molecule has 0 aliphatic rings. The molecule has 1 atom stereocenters. The fourth-order valence-electron chi connectivity index (χ4n) is 1.65. The Morgan fingerprint density at radius 2 is 2.17 bits per heavy atom. The average molecular weight is 279 g/mol. The zero-order chi connectivity index (χ0) is 13.4. The second-order valence-corrected chi connectivity index (χ2v) is 6.62. The average Bonchev–Trinajstić information content (AvgIpc) is 2.61. The van der Waals surface area contributed by atoms with Gasteiger partial charge in [-0.15, -0.1) is 11.3 Å². The van der Waals surface area contributed by atoms with E-state index in [1.165, 1.54) is 27.7 Å². The zero-order valence-corrected chi connectivity index (χ0v) is 12.3. The molecule has 0 fully saturated rings. The minimum absolute atomic E-state index is 0.0329. The van der Waals surface area contributed by atoms with Gasteiger partial charge in [0.15, 0.2) is 5.16 Å². The summed E-state index contributed by atoms with van der Waals surface area (Å²) in [5.74, 6) is 0. The van der Waals surface area contributed by atoms with Crippen molar-refractivity contribution >= 4 is 33.3 Å². The normalized spacial score (nSPS) is 12.6. The van der Waals surface area contributed by atoms with E-state index in [2.05, 4.69) is 11.1 Å². The van der Waals surface area contributed by atoms with Crippen LogP contribution in [0.2, 0.25) is 0 Å². The third kappa shape index (κ3) is 2.04. The Labute approximate surface area is 113 Å². The fraction of sp³-hybridized carbons (Fsp3) is 0.417. The van der Waals surface area contributed by atoms with Crippen LogP contribution in [0.1, 0.15) is 17.4 Å². The van der Waals surface area contributed by atoms with Gasteiger partial charge in [-0.25, -0.2) is 4.98 Å². The summed E-state index contributed by atoms with van der Waals surface area (Å²) in [4.78, 5) is 18.7. The number of nitrogens with zero attached hydrogens (tertiary/aromatic N) is 3. The smallest absolute Gasteiger partial charge is 0.262 e. The van der Waals surface area contributed by atoms with Crippen LogP contribution in [0.4, 0.5) is 0 Å². The highest BCUT2D eigenvalue weighted by atomic mass is 32.2. The highest BCUT2D eigenvalue weighted by Gasteiger charge is 2.16. The van der Waals surface area contributed by atoms with E-state index >= 15 is 0 Å². The lowest BCUT2D eigenvalue weighted by Crippen LogP contribution is -2.20. The lowest BCUT2D eigenvalue weighted by Gasteiger charge is -2.07. The van der Waals surface area contributed by atoms with Gasteiger partial charge in [0, 0.05) is 11.9 Å². The van der Waals surface area contributed by atoms with Crippen LogP contribution in [0.3, 0.4) is 0 Å². The molecule has 0 unspecified atom stereocenters. The number of thiophene rings is 1. The second kappa shape index (κ2) is 4.75. The number of fused-ring (bicyclic) bond motifs is 1. The molecule has 0 saturated heterocycles. The maximum atomic E-state index is 12.3. The monoisotopic (exact) mass is 279 g/mol. The Kier molecular flexibility index (Phi) is 3.46. The maximum Gasteiger partial charge on any atom is 0.262 e. The van der Waals surface area contributed by atoms with Crippen LogP contribution in [-0.2, 0) is 7.05 Å². The first kappa shape index (κ1) is 13.1. The lowest BCUT2D eigenvalue weighted by molar-refractivity contribution is 0.726. The molecule has 0 spiro atoms. The first-order valence-electron chi connectivity index (χ1n) is 5.48. The minimum Gasteiger partial charge on any atom is -0.290 e. The Hall–Kier alpha value is -1.32. The van der Waals surface area contributed by atoms with Crippen molar-refractivity contribution in [3.8, 4) is 6.07 Å². The summed E-state index contributed by atoms with van der Waals surface area (Å²) in [6, 6.07) is 2.14. The van der Waals surface area contributed by atoms with Crippen LogP contribution in [0, 0.1) is 25.2 Å². The largest absolute Gasteiger partial charge is 0.290 e. The minimum atomic E-state index is -0.220. The molecular weight excluding hydrogens is 266 g/mol. The number of hydrogen-bond donors (Lipinski definition) is 0. The van der Waals surface area contributed by atoms with Crippen molar-refractivity contribution in [2.45, 2.75) is 31.2 Å². The Morgan fingerprint density at radius 3 is 2.78 bits per heavy atom. The van der Waals surface area contributed by atoms with Gasteiger partial charge < -0.3 is 0 Å². The molecule has 2 aromatic heterocycles. The first-order chi connectivity index (χ1) is 8.45. The molecule has 0 aliphatic carbocycles. The van der Waals surface area contributed by atoms with Crippen LogP contribution >= 0.6 is 23.1 Å². The third-order valence-electron chi connectivity index (χ3n) is 2.83. The van der Waals surface area contributed by atoms with Gasteiger partial charge in [-0.2, -0.15) is 5.26 Å². The number of rotatable bonds is 2. The summed E-state index contributed by atoms with van der Waals surface area (Å²) in [5.41, 5.74) is 0.975. The summed E-state index contributed by atoms with van der Waals surface area (Å²) in [7, 11) is 1.70. The number of nitriles is 1. The predicted octanol–water partition coefficient (Wildman–Crippen LogP) is 2.62. The lowest BCUT2D eigenvalue weighted by atomic mass is 10.2. The van der Waals surface area contributed by atoms with Gasteiger partial charge in [-0.1, -0.05) is 11.8 Å². The zero-order valence-electron chi connectivity index (χ0n) is 10.6. The van der Waals surface area contributed by atoms with Crippen molar-refractivity contribution in [3.05, 3.63) is 20.8 Å². The van der Waals surface area contributed by atoms with Crippen LogP contribution in [0.15, 0.2) is 9.95 Å². The van der Waals surface area contributed by atoms with E-state index in [0.29, 0.717) is 10.5 Å². The highest BCUT2D eigenvalue weighted by Crippen LogP contribution is 2.28. The second-order valence-electron chi connectivity index (χ2n) is 4.11. The van der Waals surface area contributed by atoms with Crippen molar-refractivity contribution in [2.24, 2.45) is 7.05 Å². The van der Waals surface area contributed by atoms with Gasteiger partial charge in [-0.05, 0) is 26.3 Å². The SMILES string of the molecule is Cc1sc2nc(S[C@H](C)C#N)n(C)c(=O)c2c1C. The molecule has 0 aromatic carbocycles. The Morgan fingerprint density at radius 1 is 1.50 bits per heavy atom. The molecular formula is C12H13N3OS2. The van der Waals surface area contributed by atoms with E-state index in [1.54, 1.807) is 14.0 Å². The molecule has 0 bridgehead atoms. The van der Waals surface area contributed by atoms with Crippen molar-refractivity contribution in [3.63, 3.8) is 0 Å². The molecule has 0 aliphatic heterocycles. The highest BCUT2D eigenvalue weighted by molar-refractivity contribution is 8.00. The van der Waals surface area contributed by atoms with Gasteiger partial charge in [-0.3, -0.25) is 9.36 Å². The molecule has 2 rings (SSSR count). The van der Waals surface area contributed by atoms with Crippen LogP contribution in [0.25, 0.3) is 10.2 Å². The molecule has 2 heterocycles. The van der Waals surface area contributed by atoms with Crippen LogP contribution in [0.5, 0.6) is 0 Å². The summed E-state index contributed by atoms with van der Waals surface area (Å²) in [6.07, 6.45) is 0. The molecule has 18 heavy (non-hydrogen) atoms. The van der Waals surface area contributed by atoms with Crippen molar-refractivity contribution in [1.82, 2.24) is 9.55 Å². The Bertz CT molecular complexity index is 709. The molecule has 6 heteroatoms. The number of thioether (sulfide) groups is 1. The van der Waals surface area contributed by atoms with E-state index in [9.17, 15) is 4.79 Å². The molecule has 0 saturated carbocycles. The molecule has 4 nitrogen and oxygen atoms in total. The Balaban J connectivity index is 2.69. The summed E-state index contributed by atoms with van der Waals surface area (Å²) in [5, 5.41) is 9.92. The van der Waals surface area contributed by atoms with Crippen molar-refractivity contribution in [2.75, 3.05) is 0 Å². The van der Waals surface area contributed by atoms with E-state index in [4.69, 9.17) is 5.26 Å². The van der Waals surface area contributed by atoms with E-state index < -0.39 is 0 Å². The number of aryl methyl sites for hydroxylation is 2. The van der Waals surface area contributed by atoms with Gasteiger partial charge in [0.1, 0.15) is 4.83 Å². The predicted molar refractivity (Wildman–Crippen MR) is 75.3 cm³/mol. The van der Waals surface area contributed by atoms with Gasteiger partial charge in [0.05, 0.1) is 16.7 Å². The van der Waals surface area contributed by atoms with Crippen molar-refractivity contribution < 1.29 is 0 Å². The van der Waals surface area contributed by atoms with E-state index in [0.717, 1.165) is 15.3 Å². The quantitative estimate of drug-likeness (QED) is 0.626. The van der Waals surface area contributed by atoms with Crippen LogP contribution < -0.4 is 5.56 Å². The summed E-state index contributed by atoms with van der Waals surface area (Å²) in [6.45, 7) is 5.74. The first-order valence-corrected chi connectivity index (χ1v) is 7.18. The third-order valence-corrected chi connectivity index (χ3v) is 4.97. The molecule has 2 aromatic rings. The molecule has 0 radical (unpaired) electrons. The number of aromatic nitrogens is 2. The van der Waals surface area contributed by atoms with Gasteiger partial charge in [0.25, 0.3) is 5.56 Å². The molecule has 0 amide bonds. The van der Waals surface area contributed by atoms with Gasteiger partial charge in [0.2, 0.25) is 0 Å². The molecule has 0 N–H and O–H groups in total. The molecule has 94 valence electrons. The standard InChI is InChI=1S/C12H13N3OS2/c1-6(5-13)17-12-14-10-9(11(16)15(12)4)7(2)8(3)18-10/h6H,1-4H3/t6-/m1/s1. The van der Waals surface area contributed by atoms with Crippen molar-refractivity contribution in [1.29, 1.82) is 5.26 Å². The topological polar surface area (TPSA) is 58.7 Å². The maximum absolute atomic E-state index is 12.3. The number of hydrogen-bond acceptors (Lipinski definition) is 5. The summed E-state index contributed by atoms with van der Waals surface area (Å²) >= 11 is 2.84. The van der Waals surface area contributed by atoms with Crippen LogP contribution in [-0.4, -0.2) is 14.8 Å². The van der Waals surface area contributed by atoms with E-state index in [-0.39, 0.29) is 10.8 Å². The van der Waals surface area contributed by atoms with E-state index in [1.807, 2.05) is 13.8 Å². The van der Waals surface area contributed by atoms with Gasteiger partial charge >= 0.3 is 0 Å². The fourth-order valence-corrected chi connectivity index (χ4v) is 3.48. The summed E-state index contributed by atoms with van der Waals surface area (Å²) < 4.78 is 1.53.